The van der Waals surface area contributed by atoms with Crippen LogP contribution >= 0.6 is 27.7 Å². The highest BCUT2D eigenvalue weighted by molar-refractivity contribution is 9.10. The van der Waals surface area contributed by atoms with Crippen LogP contribution in [0.5, 0.6) is 0 Å². The van der Waals surface area contributed by atoms with Gasteiger partial charge < -0.3 is 9.80 Å². The van der Waals surface area contributed by atoms with E-state index in [1.165, 1.54) is 11.8 Å². The second kappa shape index (κ2) is 9.62. The highest BCUT2D eigenvalue weighted by atomic mass is 79.9. The highest BCUT2D eigenvalue weighted by Gasteiger charge is 2.26. The van der Waals surface area contributed by atoms with E-state index < -0.39 is 0 Å². The van der Waals surface area contributed by atoms with E-state index in [-0.39, 0.29) is 16.7 Å². The second-order valence-electron chi connectivity index (χ2n) is 7.89. The third kappa shape index (κ3) is 5.22. The van der Waals surface area contributed by atoms with Crippen LogP contribution in [-0.4, -0.2) is 63.2 Å². The first-order chi connectivity index (χ1) is 13.8. The number of amides is 1. The molecule has 3 rings (SSSR count). The molecule has 1 amide bonds. The minimum Gasteiger partial charge on any atom is -0.339 e. The lowest BCUT2D eigenvalue weighted by Gasteiger charge is -2.35. The summed E-state index contributed by atoms with van der Waals surface area (Å²) in [4.78, 5) is 35.2. The van der Waals surface area contributed by atoms with Crippen LogP contribution in [0.3, 0.4) is 0 Å². The first-order valence-electron chi connectivity index (χ1n) is 10.2. The summed E-state index contributed by atoms with van der Waals surface area (Å²) in [5, 5.41) is 0.923. The number of hydrogen-bond donors (Lipinski definition) is 0. The predicted octanol–water partition coefficient (Wildman–Crippen LogP) is 3.46. The zero-order valence-corrected chi connectivity index (χ0v) is 19.9. The molecular weight excluding hydrogens is 452 g/mol. The number of hydrogen-bond acceptors (Lipinski definition) is 5. The predicted molar refractivity (Wildman–Crippen MR) is 123 cm³/mol. The van der Waals surface area contributed by atoms with Gasteiger partial charge in [0.1, 0.15) is 0 Å². The number of carbonyl (C=O) groups excluding carboxylic acids is 1. The highest BCUT2D eigenvalue weighted by Crippen LogP contribution is 2.26. The molecule has 2 aromatic rings. The van der Waals surface area contributed by atoms with Gasteiger partial charge in [0.05, 0.1) is 16.2 Å². The number of nitrogens with zero attached hydrogens (tertiary/aromatic N) is 4. The van der Waals surface area contributed by atoms with Gasteiger partial charge >= 0.3 is 0 Å². The number of fused-ring (bicyclic) bond motifs is 1. The summed E-state index contributed by atoms with van der Waals surface area (Å²) < 4.78 is 2.58. The quantitative estimate of drug-likeness (QED) is 0.467. The fraction of sp³-hybridized carbons (Fsp3) is 0.571. The van der Waals surface area contributed by atoms with Gasteiger partial charge in [-0.25, -0.2) is 4.98 Å². The van der Waals surface area contributed by atoms with E-state index in [2.05, 4.69) is 41.6 Å². The van der Waals surface area contributed by atoms with Crippen LogP contribution < -0.4 is 5.56 Å². The molecule has 6 nitrogen and oxygen atoms in total. The maximum Gasteiger partial charge on any atom is 0.262 e. The van der Waals surface area contributed by atoms with Gasteiger partial charge in [0.25, 0.3) is 5.56 Å². The van der Waals surface area contributed by atoms with Gasteiger partial charge in [-0.05, 0) is 37.6 Å². The molecule has 1 atom stereocenters. The summed E-state index contributed by atoms with van der Waals surface area (Å²) in [6.45, 7) is 13.2. The molecule has 2 heterocycles. The Bertz CT molecular complexity index is 938. The molecular formula is C21H29BrN4O2S. The van der Waals surface area contributed by atoms with Crippen molar-refractivity contribution in [3.8, 4) is 0 Å². The van der Waals surface area contributed by atoms with Crippen LogP contribution in [0, 0.1) is 5.92 Å². The zero-order chi connectivity index (χ0) is 21.1. The largest absolute Gasteiger partial charge is 0.339 e. The van der Waals surface area contributed by atoms with Gasteiger partial charge in [-0.3, -0.25) is 14.2 Å². The third-order valence-corrected chi connectivity index (χ3v) is 6.76. The third-order valence-electron chi connectivity index (χ3n) is 5.19. The summed E-state index contributed by atoms with van der Waals surface area (Å²) in [5.74, 6) is 0.415. The fourth-order valence-electron chi connectivity index (χ4n) is 3.54. The van der Waals surface area contributed by atoms with Crippen molar-refractivity contribution >= 4 is 44.5 Å². The molecule has 0 radical (unpaired) electrons. The SMILES string of the molecule is CCN1CCN(C(=O)C(C)Sc2nc3ccc(Br)cc3c(=O)n2CC(C)C)CC1. The molecule has 1 aliphatic heterocycles. The number of carbonyl (C=O) groups is 1. The van der Waals surface area contributed by atoms with Crippen LogP contribution in [0.1, 0.15) is 27.7 Å². The Labute approximate surface area is 184 Å². The van der Waals surface area contributed by atoms with Crippen LogP contribution in [0.15, 0.2) is 32.6 Å². The molecule has 8 heteroatoms. The molecule has 1 aromatic heterocycles. The summed E-state index contributed by atoms with van der Waals surface area (Å²) in [7, 11) is 0. The molecule has 1 aliphatic rings. The average molecular weight is 481 g/mol. The van der Waals surface area contributed by atoms with E-state index in [0.717, 1.165) is 37.2 Å². The molecule has 1 aromatic carbocycles. The molecule has 0 aliphatic carbocycles. The maximum absolute atomic E-state index is 13.1. The number of halogens is 1. The van der Waals surface area contributed by atoms with Crippen molar-refractivity contribution < 1.29 is 4.79 Å². The number of aromatic nitrogens is 2. The standard InChI is InChI=1S/C21H29BrN4O2S/c1-5-24-8-10-25(11-9-24)19(27)15(4)29-21-23-18-7-6-16(22)12-17(18)20(28)26(21)13-14(2)3/h6-7,12,14-15H,5,8-11,13H2,1-4H3. The van der Waals surface area contributed by atoms with E-state index in [4.69, 9.17) is 4.98 Å². The maximum atomic E-state index is 13.1. The van der Waals surface area contributed by atoms with Crippen molar-refractivity contribution in [3.63, 3.8) is 0 Å². The smallest absolute Gasteiger partial charge is 0.262 e. The molecule has 0 spiro atoms. The summed E-state index contributed by atoms with van der Waals surface area (Å²) in [6, 6.07) is 5.55. The van der Waals surface area contributed by atoms with E-state index in [1.54, 1.807) is 4.57 Å². The molecule has 1 saturated heterocycles. The topological polar surface area (TPSA) is 58.4 Å². The average Bonchev–Trinajstić information content (AvgIpc) is 2.70. The number of thioether (sulfide) groups is 1. The van der Waals surface area contributed by atoms with E-state index in [9.17, 15) is 9.59 Å². The Morgan fingerprint density at radius 2 is 1.90 bits per heavy atom. The Morgan fingerprint density at radius 3 is 2.52 bits per heavy atom. The lowest BCUT2D eigenvalue weighted by Crippen LogP contribution is -2.50. The van der Waals surface area contributed by atoms with Crippen molar-refractivity contribution in [2.45, 2.75) is 44.6 Å². The van der Waals surface area contributed by atoms with E-state index in [1.807, 2.05) is 30.0 Å². The Balaban J connectivity index is 1.87. The summed E-state index contributed by atoms with van der Waals surface area (Å²) in [5.41, 5.74) is 0.612. The molecule has 1 fully saturated rings. The monoisotopic (exact) mass is 480 g/mol. The minimum absolute atomic E-state index is 0.0521. The van der Waals surface area contributed by atoms with Gasteiger partial charge in [-0.1, -0.05) is 48.5 Å². The van der Waals surface area contributed by atoms with Gasteiger partial charge in [0, 0.05) is 37.2 Å². The first kappa shape index (κ1) is 22.3. The molecule has 158 valence electrons. The van der Waals surface area contributed by atoms with Crippen molar-refractivity contribution in [2.24, 2.45) is 5.92 Å². The minimum atomic E-state index is -0.290. The van der Waals surface area contributed by atoms with Gasteiger partial charge in [0.2, 0.25) is 5.91 Å². The van der Waals surface area contributed by atoms with Crippen LogP contribution in [0.25, 0.3) is 10.9 Å². The van der Waals surface area contributed by atoms with Crippen LogP contribution in [-0.2, 0) is 11.3 Å². The number of likely N-dealkylation sites (N-methyl/N-ethyl adjacent to an activating group) is 1. The normalized spacial score (nSPS) is 16.6. The van der Waals surface area contributed by atoms with Gasteiger partial charge in [-0.2, -0.15) is 0 Å². The summed E-state index contributed by atoms with van der Waals surface area (Å²) >= 11 is 4.83. The second-order valence-corrected chi connectivity index (χ2v) is 10.1. The molecule has 1 unspecified atom stereocenters. The van der Waals surface area contributed by atoms with Crippen molar-refractivity contribution in [3.05, 3.63) is 33.0 Å². The molecule has 0 saturated carbocycles. The first-order valence-corrected chi connectivity index (χ1v) is 11.8. The van der Waals surface area contributed by atoms with E-state index >= 15 is 0 Å². The summed E-state index contributed by atoms with van der Waals surface area (Å²) in [6.07, 6.45) is 0. The fourth-order valence-corrected chi connectivity index (χ4v) is 4.90. The van der Waals surface area contributed by atoms with Gasteiger partial charge in [0.15, 0.2) is 5.16 Å². The lowest BCUT2D eigenvalue weighted by molar-refractivity contribution is -0.132. The number of piperazine rings is 1. The lowest BCUT2D eigenvalue weighted by atomic mass is 10.2. The molecule has 29 heavy (non-hydrogen) atoms. The van der Waals surface area contributed by atoms with Crippen molar-refractivity contribution in [1.29, 1.82) is 0 Å². The van der Waals surface area contributed by atoms with E-state index in [0.29, 0.717) is 28.5 Å². The van der Waals surface area contributed by atoms with Crippen molar-refractivity contribution in [1.82, 2.24) is 19.4 Å². The van der Waals surface area contributed by atoms with Gasteiger partial charge in [-0.15, -0.1) is 0 Å². The zero-order valence-electron chi connectivity index (χ0n) is 17.5. The Hall–Kier alpha value is -1.38. The Morgan fingerprint density at radius 1 is 1.21 bits per heavy atom. The van der Waals surface area contributed by atoms with Crippen molar-refractivity contribution in [2.75, 3.05) is 32.7 Å². The number of benzene rings is 1. The molecule has 0 bridgehead atoms. The van der Waals surface area contributed by atoms with Crippen LogP contribution in [0.2, 0.25) is 0 Å². The number of rotatable bonds is 6. The van der Waals surface area contributed by atoms with Crippen LogP contribution in [0.4, 0.5) is 0 Å². The Kier molecular flexibility index (Phi) is 7.40. The molecule has 0 N–H and O–H groups in total.